The van der Waals surface area contributed by atoms with Crippen LogP contribution in [0.15, 0.2) is 18.7 Å². The molecule has 0 spiro atoms. The predicted molar refractivity (Wildman–Crippen MR) is 73.5 cm³/mol. The van der Waals surface area contributed by atoms with Gasteiger partial charge >= 0.3 is 0 Å². The maximum Gasteiger partial charge on any atom is 0.0949 e. The second kappa shape index (κ2) is 5.87. The summed E-state index contributed by atoms with van der Waals surface area (Å²) in [5, 5.41) is 3.84. The monoisotopic (exact) mass is 247 g/mol. The van der Waals surface area contributed by atoms with Gasteiger partial charge in [0, 0.05) is 24.5 Å². The highest BCUT2D eigenvalue weighted by Gasteiger charge is 2.28. The minimum Gasteiger partial charge on any atom is -0.333 e. The standard InChI is InChI=1S/C15H25N3/c1-2-5-13(6-3-1)11-17-14-7-4-8-15(14)18-10-9-16-12-18/h9-10,12-15,17H,1-8,11H2. The zero-order chi connectivity index (χ0) is 12.2. The Hall–Kier alpha value is -0.830. The van der Waals surface area contributed by atoms with Crippen molar-refractivity contribution in [3.63, 3.8) is 0 Å². The number of hydrogen-bond donors (Lipinski definition) is 1. The number of hydrogen-bond acceptors (Lipinski definition) is 2. The topological polar surface area (TPSA) is 29.9 Å². The van der Waals surface area contributed by atoms with E-state index in [1.807, 2.05) is 12.5 Å². The first kappa shape index (κ1) is 12.2. The van der Waals surface area contributed by atoms with Gasteiger partial charge in [0.2, 0.25) is 0 Å². The van der Waals surface area contributed by atoms with Crippen LogP contribution in [0.25, 0.3) is 0 Å². The minimum atomic E-state index is 0.635. The molecule has 0 saturated heterocycles. The molecule has 2 fully saturated rings. The Morgan fingerprint density at radius 3 is 2.72 bits per heavy atom. The molecule has 2 atom stereocenters. The van der Waals surface area contributed by atoms with Crippen LogP contribution in [0, 0.1) is 5.92 Å². The van der Waals surface area contributed by atoms with Crippen LogP contribution < -0.4 is 5.32 Å². The van der Waals surface area contributed by atoms with Crippen LogP contribution in [0.2, 0.25) is 0 Å². The molecule has 3 nitrogen and oxygen atoms in total. The summed E-state index contributed by atoms with van der Waals surface area (Å²) < 4.78 is 2.30. The van der Waals surface area contributed by atoms with Crippen LogP contribution >= 0.6 is 0 Å². The SMILES string of the molecule is c1cn(C2CCCC2NCC2CCCCC2)cn1. The summed E-state index contributed by atoms with van der Waals surface area (Å²) in [4.78, 5) is 4.19. The third-order valence-electron chi connectivity index (χ3n) is 4.78. The summed E-state index contributed by atoms with van der Waals surface area (Å²) in [5.74, 6) is 0.933. The molecule has 1 heterocycles. The van der Waals surface area contributed by atoms with Crippen molar-refractivity contribution in [2.45, 2.75) is 63.5 Å². The van der Waals surface area contributed by atoms with Gasteiger partial charge in [0.05, 0.1) is 6.33 Å². The van der Waals surface area contributed by atoms with Crippen LogP contribution in [-0.2, 0) is 0 Å². The van der Waals surface area contributed by atoms with Gasteiger partial charge < -0.3 is 9.88 Å². The van der Waals surface area contributed by atoms with Crippen LogP contribution in [0.4, 0.5) is 0 Å². The lowest BCUT2D eigenvalue weighted by atomic mass is 9.89. The molecule has 1 N–H and O–H groups in total. The summed E-state index contributed by atoms with van der Waals surface area (Å²) in [5.41, 5.74) is 0. The van der Waals surface area contributed by atoms with Gasteiger partial charge in [0.15, 0.2) is 0 Å². The number of rotatable bonds is 4. The lowest BCUT2D eigenvalue weighted by Crippen LogP contribution is -2.37. The third kappa shape index (κ3) is 2.77. The molecule has 18 heavy (non-hydrogen) atoms. The Kier molecular flexibility index (Phi) is 3.99. The molecule has 0 aromatic carbocycles. The number of nitrogens with zero attached hydrogens (tertiary/aromatic N) is 2. The van der Waals surface area contributed by atoms with E-state index in [4.69, 9.17) is 0 Å². The van der Waals surface area contributed by atoms with Gasteiger partial charge in [-0.1, -0.05) is 19.3 Å². The van der Waals surface area contributed by atoms with Crippen LogP contribution in [-0.4, -0.2) is 22.1 Å². The molecule has 1 aromatic rings. The molecule has 3 heteroatoms. The van der Waals surface area contributed by atoms with E-state index in [-0.39, 0.29) is 0 Å². The summed E-state index contributed by atoms with van der Waals surface area (Å²) in [6.07, 6.45) is 17.2. The summed E-state index contributed by atoms with van der Waals surface area (Å²) in [6.45, 7) is 1.23. The molecule has 0 bridgehead atoms. The highest BCUT2D eigenvalue weighted by atomic mass is 15.1. The number of imidazole rings is 1. The Morgan fingerprint density at radius 1 is 1.06 bits per heavy atom. The highest BCUT2D eigenvalue weighted by molar-refractivity contribution is 4.92. The quantitative estimate of drug-likeness (QED) is 0.886. The molecule has 2 aliphatic carbocycles. The minimum absolute atomic E-state index is 0.635. The van der Waals surface area contributed by atoms with Crippen molar-refractivity contribution < 1.29 is 0 Å². The van der Waals surface area contributed by atoms with E-state index >= 15 is 0 Å². The Labute approximate surface area is 110 Å². The molecule has 3 rings (SSSR count). The van der Waals surface area contributed by atoms with Gasteiger partial charge in [-0.25, -0.2) is 4.98 Å². The fourth-order valence-corrected chi connectivity index (χ4v) is 3.71. The van der Waals surface area contributed by atoms with Crippen molar-refractivity contribution in [3.8, 4) is 0 Å². The first-order valence-corrected chi connectivity index (χ1v) is 7.64. The molecule has 2 saturated carbocycles. The van der Waals surface area contributed by atoms with Crippen molar-refractivity contribution in [1.82, 2.24) is 14.9 Å². The van der Waals surface area contributed by atoms with Crippen molar-refractivity contribution in [3.05, 3.63) is 18.7 Å². The number of aromatic nitrogens is 2. The first-order chi connectivity index (χ1) is 8.93. The largest absolute Gasteiger partial charge is 0.333 e. The first-order valence-electron chi connectivity index (χ1n) is 7.64. The fraction of sp³-hybridized carbons (Fsp3) is 0.800. The molecule has 2 aliphatic rings. The summed E-state index contributed by atoms with van der Waals surface area (Å²) in [7, 11) is 0. The van der Waals surface area contributed by atoms with E-state index < -0.39 is 0 Å². The third-order valence-corrected chi connectivity index (χ3v) is 4.78. The Morgan fingerprint density at radius 2 is 1.94 bits per heavy atom. The van der Waals surface area contributed by atoms with E-state index in [1.54, 1.807) is 0 Å². The van der Waals surface area contributed by atoms with Gasteiger partial charge in [-0.2, -0.15) is 0 Å². The summed E-state index contributed by atoms with van der Waals surface area (Å²) in [6, 6.07) is 1.30. The van der Waals surface area contributed by atoms with Crippen molar-refractivity contribution in [2.75, 3.05) is 6.54 Å². The van der Waals surface area contributed by atoms with Crippen molar-refractivity contribution in [2.24, 2.45) is 5.92 Å². The van der Waals surface area contributed by atoms with Gasteiger partial charge in [0.25, 0.3) is 0 Å². The van der Waals surface area contributed by atoms with E-state index in [0.29, 0.717) is 12.1 Å². The molecular formula is C15H25N3. The van der Waals surface area contributed by atoms with Crippen LogP contribution in [0.5, 0.6) is 0 Å². The second-order valence-electron chi connectivity index (χ2n) is 6.03. The molecule has 1 aromatic heterocycles. The smallest absolute Gasteiger partial charge is 0.0949 e. The van der Waals surface area contributed by atoms with Gasteiger partial charge in [-0.15, -0.1) is 0 Å². The van der Waals surface area contributed by atoms with Crippen LogP contribution in [0.1, 0.15) is 57.4 Å². The normalized spacial score (nSPS) is 29.8. The lowest BCUT2D eigenvalue weighted by molar-refractivity contribution is 0.306. The maximum absolute atomic E-state index is 4.19. The lowest BCUT2D eigenvalue weighted by Gasteiger charge is -2.27. The van der Waals surface area contributed by atoms with E-state index in [9.17, 15) is 0 Å². The Bertz CT molecular complexity index is 341. The van der Waals surface area contributed by atoms with Crippen molar-refractivity contribution >= 4 is 0 Å². The molecule has 2 unspecified atom stereocenters. The predicted octanol–water partition coefficient (Wildman–Crippen LogP) is 3.15. The highest BCUT2D eigenvalue weighted by Crippen LogP contribution is 2.30. The molecule has 100 valence electrons. The molecule has 0 amide bonds. The maximum atomic E-state index is 4.19. The zero-order valence-corrected chi connectivity index (χ0v) is 11.2. The average molecular weight is 247 g/mol. The van der Waals surface area contributed by atoms with Gasteiger partial charge in [-0.3, -0.25) is 0 Å². The molecule has 0 aliphatic heterocycles. The van der Waals surface area contributed by atoms with Gasteiger partial charge in [0.1, 0.15) is 0 Å². The Balaban J connectivity index is 1.52. The average Bonchev–Trinajstić information content (AvgIpc) is 3.08. The molecular weight excluding hydrogens is 222 g/mol. The zero-order valence-electron chi connectivity index (χ0n) is 11.2. The van der Waals surface area contributed by atoms with E-state index in [1.165, 1.54) is 57.9 Å². The van der Waals surface area contributed by atoms with Crippen molar-refractivity contribution in [1.29, 1.82) is 0 Å². The number of nitrogens with one attached hydrogen (secondary N) is 1. The molecule has 0 radical (unpaired) electrons. The van der Waals surface area contributed by atoms with E-state index in [2.05, 4.69) is 21.1 Å². The fourth-order valence-electron chi connectivity index (χ4n) is 3.71. The summed E-state index contributed by atoms with van der Waals surface area (Å²) >= 11 is 0. The van der Waals surface area contributed by atoms with Crippen LogP contribution in [0.3, 0.4) is 0 Å². The van der Waals surface area contributed by atoms with E-state index in [0.717, 1.165) is 5.92 Å². The van der Waals surface area contributed by atoms with Gasteiger partial charge in [-0.05, 0) is 44.6 Å². The second-order valence-corrected chi connectivity index (χ2v) is 6.03.